The lowest BCUT2D eigenvalue weighted by Crippen LogP contribution is -2.35. The number of nitrogens with zero attached hydrogens (tertiary/aromatic N) is 1. The molecule has 0 aromatic heterocycles. The zero-order valence-electron chi connectivity index (χ0n) is 11.2. The third-order valence-electron chi connectivity index (χ3n) is 3.36. The second-order valence-corrected chi connectivity index (χ2v) is 5.74. The first-order valence-corrected chi connectivity index (χ1v) is 6.01. The van der Waals surface area contributed by atoms with Crippen molar-refractivity contribution in [1.82, 2.24) is 4.90 Å². The van der Waals surface area contributed by atoms with Gasteiger partial charge in [-0.15, -0.1) is 0 Å². The quantitative estimate of drug-likeness (QED) is 0.831. The molecule has 1 aromatic rings. The molecule has 4 heteroatoms. The van der Waals surface area contributed by atoms with Crippen molar-refractivity contribution in [3.8, 4) is 5.75 Å². The highest BCUT2D eigenvalue weighted by Crippen LogP contribution is 2.45. The molecule has 4 nitrogen and oxygen atoms in total. The first-order valence-electron chi connectivity index (χ1n) is 6.01. The summed E-state index contributed by atoms with van der Waals surface area (Å²) in [5.74, 6) is 0.772. The summed E-state index contributed by atoms with van der Waals surface area (Å²) in [6.45, 7) is 6.62. The van der Waals surface area contributed by atoms with Crippen molar-refractivity contribution in [1.29, 1.82) is 0 Å². The molecule has 1 atom stereocenters. The molecule has 1 unspecified atom stereocenters. The molecule has 18 heavy (non-hydrogen) atoms. The standard InChI is InChI=1S/C14H19NO3/c1-14(2,3)12-11-6-5-10(18-4)7-9(11)8-15(12)13(16)17/h5-7,12H,8H2,1-4H3,(H,16,17). The summed E-state index contributed by atoms with van der Waals surface area (Å²) in [6.07, 6.45) is -0.870. The van der Waals surface area contributed by atoms with Gasteiger partial charge in [0.1, 0.15) is 5.75 Å². The van der Waals surface area contributed by atoms with Crippen molar-refractivity contribution in [3.05, 3.63) is 29.3 Å². The van der Waals surface area contributed by atoms with Crippen LogP contribution in [0, 0.1) is 5.41 Å². The summed E-state index contributed by atoms with van der Waals surface area (Å²) in [4.78, 5) is 12.9. The third kappa shape index (κ3) is 2.03. The lowest BCUT2D eigenvalue weighted by Gasteiger charge is -2.33. The number of benzene rings is 1. The van der Waals surface area contributed by atoms with E-state index >= 15 is 0 Å². The van der Waals surface area contributed by atoms with Crippen LogP contribution in [0.2, 0.25) is 0 Å². The van der Waals surface area contributed by atoms with Crippen LogP contribution in [-0.2, 0) is 6.54 Å². The average molecular weight is 249 g/mol. The van der Waals surface area contributed by atoms with Crippen molar-refractivity contribution in [2.75, 3.05) is 7.11 Å². The van der Waals surface area contributed by atoms with E-state index in [-0.39, 0.29) is 11.5 Å². The molecule has 0 aliphatic carbocycles. The number of fused-ring (bicyclic) bond motifs is 1. The molecule has 1 N–H and O–H groups in total. The van der Waals surface area contributed by atoms with E-state index in [1.807, 2.05) is 18.2 Å². The maximum absolute atomic E-state index is 11.4. The van der Waals surface area contributed by atoms with Crippen molar-refractivity contribution < 1.29 is 14.6 Å². The predicted molar refractivity (Wildman–Crippen MR) is 68.8 cm³/mol. The van der Waals surface area contributed by atoms with Gasteiger partial charge in [0.25, 0.3) is 0 Å². The average Bonchev–Trinajstić information content (AvgIpc) is 2.66. The van der Waals surface area contributed by atoms with Crippen molar-refractivity contribution >= 4 is 6.09 Å². The SMILES string of the molecule is COc1ccc2c(c1)CN(C(=O)O)C2C(C)(C)C. The summed E-state index contributed by atoms with van der Waals surface area (Å²) in [5.41, 5.74) is 2.00. The minimum absolute atomic E-state index is 0.101. The van der Waals surface area contributed by atoms with Gasteiger partial charge in [0.15, 0.2) is 0 Å². The second-order valence-electron chi connectivity index (χ2n) is 5.74. The molecular formula is C14H19NO3. The Labute approximate surface area is 107 Å². The molecule has 1 aliphatic rings. The van der Waals surface area contributed by atoms with Crippen LogP contribution in [0.1, 0.15) is 37.9 Å². The number of rotatable bonds is 1. The Bertz CT molecular complexity index is 476. The summed E-state index contributed by atoms with van der Waals surface area (Å²) in [5, 5.41) is 9.34. The van der Waals surface area contributed by atoms with Gasteiger partial charge in [-0.2, -0.15) is 0 Å². The monoisotopic (exact) mass is 249 g/mol. The van der Waals surface area contributed by atoms with Crippen LogP contribution in [0.25, 0.3) is 0 Å². The molecular weight excluding hydrogens is 230 g/mol. The van der Waals surface area contributed by atoms with Gasteiger partial charge in [-0.25, -0.2) is 4.79 Å². The summed E-state index contributed by atoms with van der Waals surface area (Å²) >= 11 is 0. The van der Waals surface area contributed by atoms with E-state index in [1.165, 1.54) is 4.90 Å². The Hall–Kier alpha value is -1.71. The fourth-order valence-electron chi connectivity index (χ4n) is 2.67. The first kappa shape index (κ1) is 12.7. The van der Waals surface area contributed by atoms with Gasteiger partial charge >= 0.3 is 6.09 Å². The maximum Gasteiger partial charge on any atom is 0.408 e. The Morgan fingerprint density at radius 1 is 1.44 bits per heavy atom. The largest absolute Gasteiger partial charge is 0.497 e. The van der Waals surface area contributed by atoms with Crippen molar-refractivity contribution in [2.24, 2.45) is 5.41 Å². The smallest absolute Gasteiger partial charge is 0.408 e. The number of hydrogen-bond acceptors (Lipinski definition) is 2. The van der Waals surface area contributed by atoms with E-state index in [9.17, 15) is 9.90 Å². The van der Waals surface area contributed by atoms with Crippen LogP contribution in [-0.4, -0.2) is 23.2 Å². The number of carboxylic acid groups (broad SMARTS) is 1. The number of carbonyl (C=O) groups is 1. The second kappa shape index (κ2) is 4.19. The number of amides is 1. The van der Waals surface area contributed by atoms with Gasteiger partial charge in [0, 0.05) is 0 Å². The fourth-order valence-corrected chi connectivity index (χ4v) is 2.67. The summed E-state index contributed by atoms with van der Waals surface area (Å²) in [6, 6.07) is 5.70. The van der Waals surface area contributed by atoms with Gasteiger partial charge in [0.05, 0.1) is 19.7 Å². The van der Waals surface area contributed by atoms with Gasteiger partial charge in [-0.05, 0) is 28.7 Å². The summed E-state index contributed by atoms with van der Waals surface area (Å²) < 4.78 is 5.19. The minimum atomic E-state index is -0.870. The van der Waals surface area contributed by atoms with Crippen molar-refractivity contribution in [2.45, 2.75) is 33.4 Å². The van der Waals surface area contributed by atoms with Crippen LogP contribution in [0.15, 0.2) is 18.2 Å². The minimum Gasteiger partial charge on any atom is -0.497 e. The molecule has 0 saturated carbocycles. The third-order valence-corrected chi connectivity index (χ3v) is 3.36. The first-order chi connectivity index (χ1) is 8.34. The van der Waals surface area contributed by atoms with E-state index in [1.54, 1.807) is 7.11 Å². The fraction of sp³-hybridized carbons (Fsp3) is 0.500. The molecule has 98 valence electrons. The Balaban J connectivity index is 2.48. The van der Waals surface area contributed by atoms with E-state index in [0.717, 1.165) is 16.9 Å². The normalized spacial score (nSPS) is 18.7. The van der Waals surface area contributed by atoms with Gasteiger partial charge in [0.2, 0.25) is 0 Å². The molecule has 0 saturated heterocycles. The number of hydrogen-bond donors (Lipinski definition) is 1. The topological polar surface area (TPSA) is 49.8 Å². The number of methoxy groups -OCH3 is 1. The molecule has 0 spiro atoms. The van der Waals surface area contributed by atoms with Crippen molar-refractivity contribution in [3.63, 3.8) is 0 Å². The summed E-state index contributed by atoms with van der Waals surface area (Å²) in [7, 11) is 1.62. The maximum atomic E-state index is 11.4. The van der Waals surface area contributed by atoms with Crippen LogP contribution < -0.4 is 4.74 Å². The van der Waals surface area contributed by atoms with E-state index < -0.39 is 6.09 Å². The highest BCUT2D eigenvalue weighted by molar-refractivity contribution is 5.68. The number of ether oxygens (including phenoxy) is 1. The van der Waals surface area contributed by atoms with Gasteiger partial charge < -0.3 is 9.84 Å². The molecule has 2 rings (SSSR count). The molecule has 1 amide bonds. The molecule has 1 heterocycles. The van der Waals surface area contributed by atoms with Gasteiger partial charge in [-0.1, -0.05) is 26.8 Å². The highest BCUT2D eigenvalue weighted by Gasteiger charge is 2.40. The molecule has 1 aromatic carbocycles. The van der Waals surface area contributed by atoms with Crippen LogP contribution >= 0.6 is 0 Å². The van der Waals surface area contributed by atoms with E-state index in [4.69, 9.17) is 4.74 Å². The Morgan fingerprint density at radius 2 is 2.11 bits per heavy atom. The molecule has 0 fully saturated rings. The predicted octanol–water partition coefficient (Wildman–Crippen LogP) is 3.28. The lowest BCUT2D eigenvalue weighted by molar-refractivity contribution is 0.0900. The van der Waals surface area contributed by atoms with Crippen LogP contribution in [0.4, 0.5) is 4.79 Å². The van der Waals surface area contributed by atoms with Crippen LogP contribution in [0.5, 0.6) is 5.75 Å². The zero-order valence-corrected chi connectivity index (χ0v) is 11.2. The Kier molecular flexibility index (Phi) is 2.97. The lowest BCUT2D eigenvalue weighted by atomic mass is 9.82. The van der Waals surface area contributed by atoms with E-state index in [2.05, 4.69) is 20.8 Å². The molecule has 1 aliphatic heterocycles. The Morgan fingerprint density at radius 3 is 2.61 bits per heavy atom. The molecule has 0 bridgehead atoms. The van der Waals surface area contributed by atoms with Crippen LogP contribution in [0.3, 0.4) is 0 Å². The molecule has 0 radical (unpaired) electrons. The highest BCUT2D eigenvalue weighted by atomic mass is 16.5. The van der Waals surface area contributed by atoms with Gasteiger partial charge in [-0.3, -0.25) is 4.90 Å². The van der Waals surface area contributed by atoms with E-state index in [0.29, 0.717) is 6.54 Å². The zero-order chi connectivity index (χ0) is 13.5.